The van der Waals surface area contributed by atoms with Crippen LogP contribution in [0.5, 0.6) is 0 Å². The average Bonchev–Trinajstić information content (AvgIpc) is 2.92. The third-order valence-corrected chi connectivity index (χ3v) is 4.29. The van der Waals surface area contributed by atoms with E-state index >= 15 is 0 Å². The van der Waals surface area contributed by atoms with Crippen LogP contribution < -0.4 is 5.32 Å². The number of esters is 1. The van der Waals surface area contributed by atoms with E-state index in [4.69, 9.17) is 4.74 Å². The minimum absolute atomic E-state index is 0.0172. The molecule has 0 radical (unpaired) electrons. The predicted octanol–water partition coefficient (Wildman–Crippen LogP) is 3.76. The second-order valence-electron chi connectivity index (χ2n) is 5.78. The molecule has 0 aliphatic carbocycles. The van der Waals surface area contributed by atoms with Crippen LogP contribution in [-0.4, -0.2) is 27.9 Å². The van der Waals surface area contributed by atoms with Crippen LogP contribution in [-0.2, 0) is 16.0 Å². The molecule has 3 rings (SSSR count). The van der Waals surface area contributed by atoms with Crippen molar-refractivity contribution in [2.24, 2.45) is 0 Å². The largest absolute Gasteiger partial charge is 0.466 e. The molecule has 0 bridgehead atoms. The molecule has 0 unspecified atom stereocenters. The first-order valence-electron chi connectivity index (χ1n) is 8.18. The molecular weight excluding hydrogens is 398 g/mol. The van der Waals surface area contributed by atoms with E-state index < -0.39 is 0 Å². The van der Waals surface area contributed by atoms with Gasteiger partial charge >= 0.3 is 5.97 Å². The van der Waals surface area contributed by atoms with Crippen molar-refractivity contribution in [3.63, 3.8) is 0 Å². The van der Waals surface area contributed by atoms with Gasteiger partial charge in [0.05, 0.1) is 18.7 Å². The molecule has 1 amide bonds. The highest BCUT2D eigenvalue weighted by molar-refractivity contribution is 9.10. The number of pyridine rings is 1. The monoisotopic (exact) mass is 415 g/mol. The number of carbonyl (C=O) groups excluding carboxylic acids is 2. The number of ether oxygens (including phenoxy) is 1. The van der Waals surface area contributed by atoms with E-state index in [0.29, 0.717) is 29.3 Å². The van der Waals surface area contributed by atoms with Crippen molar-refractivity contribution in [3.05, 3.63) is 63.9 Å². The summed E-state index contributed by atoms with van der Waals surface area (Å²) in [6.07, 6.45) is 1.78. The number of fused-ring (bicyclic) bond motifs is 1. The normalized spacial score (nSPS) is 10.7. The Balaban J connectivity index is 1.98. The number of nitrogens with one attached hydrogen (secondary N) is 1. The highest BCUT2D eigenvalue weighted by Gasteiger charge is 2.19. The zero-order chi connectivity index (χ0) is 18.7. The van der Waals surface area contributed by atoms with Gasteiger partial charge in [0, 0.05) is 16.2 Å². The highest BCUT2D eigenvalue weighted by Crippen LogP contribution is 2.23. The molecule has 2 heterocycles. The zero-order valence-electron chi connectivity index (χ0n) is 14.5. The summed E-state index contributed by atoms with van der Waals surface area (Å²) in [5.41, 5.74) is 2.69. The summed E-state index contributed by atoms with van der Waals surface area (Å²) in [4.78, 5) is 29.0. The molecule has 0 saturated heterocycles. The fourth-order valence-corrected chi connectivity index (χ4v) is 2.89. The van der Waals surface area contributed by atoms with Gasteiger partial charge in [0.2, 0.25) is 0 Å². The first-order valence-corrected chi connectivity index (χ1v) is 8.97. The molecule has 0 atom stereocenters. The van der Waals surface area contributed by atoms with E-state index in [-0.39, 0.29) is 18.3 Å². The summed E-state index contributed by atoms with van der Waals surface area (Å²) in [6, 6.07) is 10.9. The van der Waals surface area contributed by atoms with Crippen molar-refractivity contribution in [2.75, 3.05) is 11.9 Å². The van der Waals surface area contributed by atoms with Gasteiger partial charge in [-0.3, -0.25) is 14.0 Å². The lowest BCUT2D eigenvalue weighted by Crippen LogP contribution is -2.16. The van der Waals surface area contributed by atoms with Gasteiger partial charge in [0.25, 0.3) is 5.91 Å². The molecule has 7 heteroatoms. The number of halogens is 1. The number of amides is 1. The number of benzene rings is 1. The SMILES string of the molecule is CCOC(=O)Cc1nc2ccc(Br)cn2c1NC(=O)c1ccc(C)cc1. The fourth-order valence-electron chi connectivity index (χ4n) is 2.56. The molecule has 0 aliphatic heterocycles. The lowest BCUT2D eigenvalue weighted by atomic mass is 10.1. The molecule has 0 fully saturated rings. The number of carbonyl (C=O) groups is 2. The Morgan fingerprint density at radius 3 is 2.62 bits per heavy atom. The number of hydrogen-bond acceptors (Lipinski definition) is 4. The van der Waals surface area contributed by atoms with Gasteiger partial charge in [-0.05, 0) is 54.0 Å². The molecule has 134 valence electrons. The number of imidazole rings is 1. The van der Waals surface area contributed by atoms with E-state index in [1.54, 1.807) is 35.7 Å². The highest BCUT2D eigenvalue weighted by atomic mass is 79.9. The van der Waals surface area contributed by atoms with Crippen LogP contribution in [0.2, 0.25) is 0 Å². The topological polar surface area (TPSA) is 72.7 Å². The van der Waals surface area contributed by atoms with Gasteiger partial charge in [-0.2, -0.15) is 0 Å². The number of aryl methyl sites for hydroxylation is 1. The first kappa shape index (κ1) is 18.1. The van der Waals surface area contributed by atoms with Gasteiger partial charge in [-0.15, -0.1) is 0 Å². The summed E-state index contributed by atoms with van der Waals surface area (Å²) in [7, 11) is 0. The third kappa shape index (κ3) is 3.94. The second-order valence-corrected chi connectivity index (χ2v) is 6.70. The minimum atomic E-state index is -0.388. The van der Waals surface area contributed by atoms with Crippen LogP contribution in [0.15, 0.2) is 47.1 Å². The molecule has 6 nitrogen and oxygen atoms in total. The summed E-state index contributed by atoms with van der Waals surface area (Å²) < 4.78 is 7.58. The van der Waals surface area contributed by atoms with Gasteiger partial charge < -0.3 is 10.1 Å². The number of rotatable bonds is 5. The Morgan fingerprint density at radius 1 is 1.19 bits per heavy atom. The lowest BCUT2D eigenvalue weighted by molar-refractivity contribution is -0.142. The third-order valence-electron chi connectivity index (χ3n) is 3.82. The van der Waals surface area contributed by atoms with Gasteiger partial charge in [-0.25, -0.2) is 4.98 Å². The number of aromatic nitrogens is 2. The number of hydrogen-bond donors (Lipinski definition) is 1. The Morgan fingerprint density at radius 2 is 1.92 bits per heavy atom. The molecule has 26 heavy (non-hydrogen) atoms. The maximum absolute atomic E-state index is 12.6. The molecule has 0 saturated carbocycles. The molecular formula is C19H18BrN3O3. The maximum atomic E-state index is 12.6. The maximum Gasteiger partial charge on any atom is 0.312 e. The van der Waals surface area contributed by atoms with E-state index in [1.165, 1.54) is 0 Å². The van der Waals surface area contributed by atoms with Crippen LogP contribution in [0, 0.1) is 6.92 Å². The van der Waals surface area contributed by atoms with Crippen LogP contribution in [0.1, 0.15) is 28.5 Å². The Kier molecular flexibility index (Phi) is 5.37. The Hall–Kier alpha value is -2.67. The van der Waals surface area contributed by atoms with E-state index in [1.807, 2.05) is 25.1 Å². The average molecular weight is 416 g/mol. The molecule has 1 N–H and O–H groups in total. The standard InChI is InChI=1S/C19H18BrN3O3/c1-3-26-17(24)10-15-18(23-11-14(20)8-9-16(23)21-15)22-19(25)13-6-4-12(2)5-7-13/h4-9,11H,3,10H2,1-2H3,(H,22,25). The molecule has 0 spiro atoms. The molecule has 1 aromatic carbocycles. The van der Waals surface area contributed by atoms with Crippen molar-refractivity contribution in [1.82, 2.24) is 9.38 Å². The summed E-state index contributed by atoms with van der Waals surface area (Å²) in [5, 5.41) is 2.88. The predicted molar refractivity (Wildman–Crippen MR) is 102 cm³/mol. The van der Waals surface area contributed by atoms with E-state index in [2.05, 4.69) is 26.2 Å². The van der Waals surface area contributed by atoms with E-state index in [0.717, 1.165) is 10.0 Å². The van der Waals surface area contributed by atoms with Crippen molar-refractivity contribution in [2.45, 2.75) is 20.3 Å². The smallest absolute Gasteiger partial charge is 0.312 e. The van der Waals surface area contributed by atoms with Crippen LogP contribution in [0.3, 0.4) is 0 Å². The van der Waals surface area contributed by atoms with Crippen LogP contribution in [0.25, 0.3) is 5.65 Å². The second kappa shape index (κ2) is 7.70. The van der Waals surface area contributed by atoms with E-state index in [9.17, 15) is 9.59 Å². The summed E-state index contributed by atoms with van der Waals surface area (Å²) in [6.45, 7) is 4.00. The summed E-state index contributed by atoms with van der Waals surface area (Å²) in [5.74, 6) is -0.197. The van der Waals surface area contributed by atoms with Crippen molar-refractivity contribution >= 4 is 39.3 Å². The van der Waals surface area contributed by atoms with Crippen LogP contribution >= 0.6 is 15.9 Å². The van der Waals surface area contributed by atoms with Crippen LogP contribution in [0.4, 0.5) is 5.82 Å². The molecule has 2 aromatic heterocycles. The van der Waals surface area contributed by atoms with Gasteiger partial charge in [-0.1, -0.05) is 17.7 Å². The van der Waals surface area contributed by atoms with Crippen molar-refractivity contribution < 1.29 is 14.3 Å². The number of nitrogens with zero attached hydrogens (tertiary/aromatic N) is 2. The van der Waals surface area contributed by atoms with Crippen molar-refractivity contribution in [1.29, 1.82) is 0 Å². The molecule has 0 aliphatic rings. The minimum Gasteiger partial charge on any atom is -0.466 e. The van der Waals surface area contributed by atoms with Crippen molar-refractivity contribution in [3.8, 4) is 0 Å². The zero-order valence-corrected chi connectivity index (χ0v) is 16.0. The fraction of sp³-hybridized carbons (Fsp3) is 0.211. The first-order chi connectivity index (χ1) is 12.5. The Labute approximate surface area is 159 Å². The summed E-state index contributed by atoms with van der Waals surface area (Å²) >= 11 is 3.42. The Bertz CT molecular complexity index is 964. The van der Waals surface area contributed by atoms with Gasteiger partial charge in [0.1, 0.15) is 11.5 Å². The lowest BCUT2D eigenvalue weighted by Gasteiger charge is -2.08. The van der Waals surface area contributed by atoms with Gasteiger partial charge in [0.15, 0.2) is 0 Å². The molecule has 3 aromatic rings. The quantitative estimate of drug-likeness (QED) is 0.643. The number of anilines is 1.